The fourth-order valence-corrected chi connectivity index (χ4v) is 2.59. The third-order valence-corrected chi connectivity index (χ3v) is 4.84. The van der Waals surface area contributed by atoms with Gasteiger partial charge >= 0.3 is 0 Å². The van der Waals surface area contributed by atoms with Crippen molar-refractivity contribution >= 4 is 29.1 Å². The molecule has 0 unspecified atom stereocenters. The molecule has 0 aliphatic carbocycles. The van der Waals surface area contributed by atoms with Crippen LogP contribution in [0.25, 0.3) is 0 Å². The van der Waals surface area contributed by atoms with Gasteiger partial charge in [-0.3, -0.25) is 4.79 Å². The van der Waals surface area contributed by atoms with E-state index in [0.29, 0.717) is 16.0 Å². The van der Waals surface area contributed by atoms with Crippen molar-refractivity contribution in [2.45, 2.75) is 33.1 Å². The number of amides is 1. The SMILES string of the molecule is CCC1(C)CCN(C(=O)c2cnc(Cl)c(Cl)c2)CC1. The molecule has 1 aliphatic rings. The Morgan fingerprint density at radius 3 is 2.58 bits per heavy atom. The summed E-state index contributed by atoms with van der Waals surface area (Å²) in [6.45, 7) is 6.09. The van der Waals surface area contributed by atoms with Gasteiger partial charge in [0.2, 0.25) is 0 Å². The number of nitrogens with zero attached hydrogens (tertiary/aromatic N) is 2. The van der Waals surface area contributed by atoms with Gasteiger partial charge in [0.05, 0.1) is 10.6 Å². The molecule has 0 bridgehead atoms. The van der Waals surface area contributed by atoms with Gasteiger partial charge in [0.15, 0.2) is 0 Å². The van der Waals surface area contributed by atoms with Gasteiger partial charge in [0.1, 0.15) is 5.15 Å². The van der Waals surface area contributed by atoms with Crippen molar-refractivity contribution in [3.05, 3.63) is 28.0 Å². The van der Waals surface area contributed by atoms with E-state index in [0.717, 1.165) is 32.4 Å². The van der Waals surface area contributed by atoms with Gasteiger partial charge in [-0.2, -0.15) is 0 Å². The summed E-state index contributed by atoms with van der Waals surface area (Å²) in [6, 6.07) is 1.59. The molecule has 0 spiro atoms. The molecule has 2 heterocycles. The van der Waals surface area contributed by atoms with Crippen LogP contribution in [0.4, 0.5) is 0 Å². The van der Waals surface area contributed by atoms with Crippen molar-refractivity contribution in [2.24, 2.45) is 5.41 Å². The molecule has 104 valence electrons. The highest BCUT2D eigenvalue weighted by molar-refractivity contribution is 6.41. The molecule has 19 heavy (non-hydrogen) atoms. The zero-order chi connectivity index (χ0) is 14.0. The summed E-state index contributed by atoms with van der Waals surface area (Å²) >= 11 is 11.7. The Kier molecular flexibility index (Phi) is 4.36. The molecule has 1 aromatic rings. The standard InChI is InChI=1S/C14H18Cl2N2O/c1-3-14(2)4-6-18(7-5-14)13(19)10-8-11(15)12(16)17-9-10/h8-9H,3-7H2,1-2H3. The molecule has 0 atom stereocenters. The Labute approximate surface area is 123 Å². The summed E-state index contributed by atoms with van der Waals surface area (Å²) in [5, 5.41) is 0.554. The fraction of sp³-hybridized carbons (Fsp3) is 0.571. The molecule has 1 fully saturated rings. The van der Waals surface area contributed by atoms with E-state index < -0.39 is 0 Å². The molecule has 0 radical (unpaired) electrons. The highest BCUT2D eigenvalue weighted by Gasteiger charge is 2.30. The Morgan fingerprint density at radius 1 is 1.42 bits per heavy atom. The van der Waals surface area contributed by atoms with E-state index in [1.165, 1.54) is 6.20 Å². The zero-order valence-electron chi connectivity index (χ0n) is 11.2. The molecule has 1 saturated heterocycles. The molecular weight excluding hydrogens is 283 g/mol. The minimum atomic E-state index is -0.00998. The molecule has 0 aromatic carbocycles. The van der Waals surface area contributed by atoms with Gasteiger partial charge in [-0.15, -0.1) is 0 Å². The van der Waals surface area contributed by atoms with Gasteiger partial charge in [-0.05, 0) is 24.3 Å². The van der Waals surface area contributed by atoms with E-state index in [2.05, 4.69) is 18.8 Å². The van der Waals surface area contributed by atoms with E-state index in [1.54, 1.807) is 6.07 Å². The highest BCUT2D eigenvalue weighted by atomic mass is 35.5. The van der Waals surface area contributed by atoms with Crippen LogP contribution in [0.1, 0.15) is 43.5 Å². The van der Waals surface area contributed by atoms with Crippen molar-refractivity contribution in [3.8, 4) is 0 Å². The number of carbonyl (C=O) groups excluding carboxylic acids is 1. The summed E-state index contributed by atoms with van der Waals surface area (Å²) in [5.74, 6) is -0.00998. The monoisotopic (exact) mass is 300 g/mol. The van der Waals surface area contributed by atoms with Crippen molar-refractivity contribution in [3.63, 3.8) is 0 Å². The number of halogens is 2. The third kappa shape index (κ3) is 3.21. The summed E-state index contributed by atoms with van der Waals surface area (Å²) in [7, 11) is 0. The molecular formula is C14H18Cl2N2O. The highest BCUT2D eigenvalue weighted by Crippen LogP contribution is 2.34. The van der Waals surface area contributed by atoms with Crippen molar-refractivity contribution in [1.82, 2.24) is 9.88 Å². The van der Waals surface area contributed by atoms with Crippen LogP contribution in [0.3, 0.4) is 0 Å². The van der Waals surface area contributed by atoms with Crippen LogP contribution in [0, 0.1) is 5.41 Å². The normalized spacial score (nSPS) is 18.4. The fourth-order valence-electron chi connectivity index (χ4n) is 2.32. The van der Waals surface area contributed by atoms with Crippen LogP contribution >= 0.6 is 23.2 Å². The first kappa shape index (κ1) is 14.6. The van der Waals surface area contributed by atoms with E-state index >= 15 is 0 Å². The quantitative estimate of drug-likeness (QED) is 0.772. The maximum Gasteiger partial charge on any atom is 0.255 e. The third-order valence-electron chi connectivity index (χ3n) is 4.15. The minimum absolute atomic E-state index is 0.00998. The predicted octanol–water partition coefficient (Wildman–Crippen LogP) is 4.04. The lowest BCUT2D eigenvalue weighted by Crippen LogP contribution is -2.42. The second-order valence-corrected chi connectivity index (χ2v) is 6.22. The Balaban J connectivity index is 2.07. The lowest BCUT2D eigenvalue weighted by atomic mass is 9.78. The van der Waals surface area contributed by atoms with Crippen LogP contribution in [0.2, 0.25) is 10.2 Å². The van der Waals surface area contributed by atoms with Crippen LogP contribution in [-0.4, -0.2) is 28.9 Å². The van der Waals surface area contributed by atoms with Gasteiger partial charge in [0, 0.05) is 19.3 Å². The van der Waals surface area contributed by atoms with Gasteiger partial charge in [-0.1, -0.05) is 43.5 Å². The number of likely N-dealkylation sites (tertiary alicyclic amines) is 1. The molecule has 1 aliphatic heterocycles. The number of hydrogen-bond acceptors (Lipinski definition) is 2. The average Bonchev–Trinajstić information content (AvgIpc) is 2.42. The zero-order valence-corrected chi connectivity index (χ0v) is 12.8. The molecule has 3 nitrogen and oxygen atoms in total. The Bertz CT molecular complexity index is 482. The largest absolute Gasteiger partial charge is 0.339 e. The van der Waals surface area contributed by atoms with Crippen LogP contribution < -0.4 is 0 Å². The number of rotatable bonds is 2. The summed E-state index contributed by atoms with van der Waals surface area (Å²) < 4.78 is 0. The average molecular weight is 301 g/mol. The Morgan fingerprint density at radius 2 is 2.05 bits per heavy atom. The molecule has 5 heteroatoms. The van der Waals surface area contributed by atoms with Gasteiger partial charge in [-0.25, -0.2) is 4.98 Å². The van der Waals surface area contributed by atoms with E-state index in [9.17, 15) is 4.79 Å². The number of carbonyl (C=O) groups is 1. The summed E-state index contributed by atoms with van der Waals surface area (Å²) in [6.07, 6.45) is 4.74. The number of piperidine rings is 1. The Hall–Kier alpha value is -0.800. The maximum absolute atomic E-state index is 12.3. The van der Waals surface area contributed by atoms with Crippen LogP contribution in [0.5, 0.6) is 0 Å². The molecule has 0 N–H and O–H groups in total. The summed E-state index contributed by atoms with van der Waals surface area (Å²) in [4.78, 5) is 18.1. The topological polar surface area (TPSA) is 33.2 Å². The second kappa shape index (κ2) is 5.68. The predicted molar refractivity (Wildman–Crippen MR) is 77.8 cm³/mol. The molecule has 0 saturated carbocycles. The van der Waals surface area contributed by atoms with Crippen LogP contribution in [-0.2, 0) is 0 Å². The summed E-state index contributed by atoms with van der Waals surface area (Å²) in [5.41, 5.74) is 0.877. The smallest absolute Gasteiger partial charge is 0.255 e. The lowest BCUT2D eigenvalue weighted by Gasteiger charge is -2.38. The van der Waals surface area contributed by atoms with E-state index in [-0.39, 0.29) is 11.1 Å². The van der Waals surface area contributed by atoms with Gasteiger partial charge < -0.3 is 4.90 Å². The molecule has 1 aromatic heterocycles. The second-order valence-electron chi connectivity index (χ2n) is 5.45. The van der Waals surface area contributed by atoms with Crippen molar-refractivity contribution < 1.29 is 4.79 Å². The van der Waals surface area contributed by atoms with E-state index in [1.807, 2.05) is 4.90 Å². The van der Waals surface area contributed by atoms with Gasteiger partial charge in [0.25, 0.3) is 5.91 Å². The first-order valence-electron chi connectivity index (χ1n) is 6.55. The number of aromatic nitrogens is 1. The van der Waals surface area contributed by atoms with Crippen molar-refractivity contribution in [1.29, 1.82) is 0 Å². The minimum Gasteiger partial charge on any atom is -0.339 e. The number of hydrogen-bond donors (Lipinski definition) is 0. The molecule has 2 rings (SSSR count). The number of pyridine rings is 1. The van der Waals surface area contributed by atoms with E-state index in [4.69, 9.17) is 23.2 Å². The van der Waals surface area contributed by atoms with Crippen LogP contribution in [0.15, 0.2) is 12.3 Å². The first-order valence-corrected chi connectivity index (χ1v) is 7.31. The maximum atomic E-state index is 12.3. The molecule has 1 amide bonds. The first-order chi connectivity index (χ1) is 8.95. The van der Waals surface area contributed by atoms with Crippen molar-refractivity contribution in [2.75, 3.05) is 13.1 Å². The lowest BCUT2D eigenvalue weighted by molar-refractivity contribution is 0.0600.